The van der Waals surface area contributed by atoms with E-state index in [1.165, 1.54) is 4.68 Å². The second-order valence-corrected chi connectivity index (χ2v) is 4.72. The zero-order valence-corrected chi connectivity index (χ0v) is 12.2. The van der Waals surface area contributed by atoms with Crippen LogP contribution in [0.3, 0.4) is 0 Å². The molecule has 0 fully saturated rings. The minimum atomic E-state index is 0.000851. The lowest BCUT2D eigenvalue weighted by Gasteiger charge is -2.10. The zero-order chi connectivity index (χ0) is 15.6. The van der Waals surface area contributed by atoms with E-state index in [9.17, 15) is 4.79 Å². The summed E-state index contributed by atoms with van der Waals surface area (Å²) < 4.78 is 6.61. The minimum Gasteiger partial charge on any atom is -0.496 e. The predicted octanol–water partition coefficient (Wildman–Crippen LogP) is 2.09. The van der Waals surface area contributed by atoms with Crippen molar-refractivity contribution in [3.05, 3.63) is 28.8 Å². The number of aryl methyl sites for hydroxylation is 2. The number of carbonyl (C=O) groups excluding carboxylic acids is 1. The van der Waals surface area contributed by atoms with Crippen LogP contribution in [0, 0.1) is 25.2 Å². The van der Waals surface area contributed by atoms with E-state index in [1.54, 1.807) is 7.11 Å². The van der Waals surface area contributed by atoms with Crippen molar-refractivity contribution in [2.45, 2.75) is 20.4 Å². The van der Waals surface area contributed by atoms with E-state index in [4.69, 9.17) is 15.7 Å². The van der Waals surface area contributed by atoms with Crippen LogP contribution in [0.15, 0.2) is 12.1 Å². The van der Waals surface area contributed by atoms with Crippen molar-refractivity contribution in [3.8, 4) is 23.1 Å². The maximum Gasteiger partial charge on any atom is 0.156 e. The van der Waals surface area contributed by atoms with Crippen LogP contribution in [0.1, 0.15) is 21.5 Å². The second-order valence-electron chi connectivity index (χ2n) is 4.72. The first-order valence-electron chi connectivity index (χ1n) is 6.37. The van der Waals surface area contributed by atoms with Gasteiger partial charge in [0.2, 0.25) is 0 Å². The van der Waals surface area contributed by atoms with E-state index in [2.05, 4.69) is 5.10 Å². The first-order valence-corrected chi connectivity index (χ1v) is 6.37. The molecule has 0 atom stereocenters. The SMILES string of the molecule is COc1cc(C)c(-c2nn(CC#N)c(N)c2C=O)cc1C. The van der Waals surface area contributed by atoms with Gasteiger partial charge in [0.15, 0.2) is 6.29 Å². The van der Waals surface area contributed by atoms with Gasteiger partial charge in [0, 0.05) is 5.56 Å². The van der Waals surface area contributed by atoms with Gasteiger partial charge >= 0.3 is 0 Å². The standard InChI is InChI=1S/C15H16N4O2/c1-9-7-13(21-3)10(2)6-11(9)14-12(8-20)15(17)19(18-14)5-4-16/h6-8H,5,17H2,1-3H3. The number of aldehydes is 1. The Bertz CT molecular complexity index is 741. The average molecular weight is 284 g/mol. The van der Waals surface area contributed by atoms with Crippen LogP contribution < -0.4 is 10.5 Å². The number of nitriles is 1. The minimum absolute atomic E-state index is 0.000851. The molecule has 0 spiro atoms. The zero-order valence-electron chi connectivity index (χ0n) is 12.2. The molecule has 0 aliphatic heterocycles. The highest BCUT2D eigenvalue weighted by atomic mass is 16.5. The predicted molar refractivity (Wildman–Crippen MR) is 79.1 cm³/mol. The summed E-state index contributed by atoms with van der Waals surface area (Å²) in [5.74, 6) is 0.975. The fourth-order valence-corrected chi connectivity index (χ4v) is 2.26. The number of benzene rings is 1. The van der Waals surface area contributed by atoms with Crippen molar-refractivity contribution >= 4 is 12.1 Å². The van der Waals surface area contributed by atoms with Gasteiger partial charge in [0.25, 0.3) is 0 Å². The van der Waals surface area contributed by atoms with Crippen molar-refractivity contribution in [2.75, 3.05) is 12.8 Å². The van der Waals surface area contributed by atoms with E-state index in [-0.39, 0.29) is 12.4 Å². The van der Waals surface area contributed by atoms with E-state index >= 15 is 0 Å². The highest BCUT2D eigenvalue weighted by molar-refractivity contribution is 5.92. The normalized spacial score (nSPS) is 10.2. The summed E-state index contributed by atoms with van der Waals surface area (Å²) in [4.78, 5) is 11.3. The molecule has 6 nitrogen and oxygen atoms in total. The number of carbonyl (C=O) groups is 1. The number of ether oxygens (including phenoxy) is 1. The van der Waals surface area contributed by atoms with Gasteiger partial charge in [-0.1, -0.05) is 0 Å². The maximum absolute atomic E-state index is 11.3. The van der Waals surface area contributed by atoms with Crippen molar-refractivity contribution in [1.29, 1.82) is 5.26 Å². The number of nitrogens with zero attached hydrogens (tertiary/aromatic N) is 3. The van der Waals surface area contributed by atoms with E-state index in [1.807, 2.05) is 32.0 Å². The first-order chi connectivity index (χ1) is 10.0. The highest BCUT2D eigenvalue weighted by Gasteiger charge is 2.19. The molecule has 2 aromatic rings. The first kappa shape index (κ1) is 14.6. The summed E-state index contributed by atoms with van der Waals surface area (Å²) in [5, 5.41) is 13.1. The van der Waals surface area contributed by atoms with Crippen molar-refractivity contribution in [3.63, 3.8) is 0 Å². The van der Waals surface area contributed by atoms with Crippen LogP contribution in [0.5, 0.6) is 5.75 Å². The van der Waals surface area contributed by atoms with Crippen LogP contribution >= 0.6 is 0 Å². The number of anilines is 1. The number of nitrogen functional groups attached to an aromatic ring is 1. The Kier molecular flexibility index (Phi) is 3.94. The van der Waals surface area contributed by atoms with Gasteiger partial charge in [-0.2, -0.15) is 10.4 Å². The number of hydrogen-bond acceptors (Lipinski definition) is 5. The van der Waals surface area contributed by atoms with Crippen LogP contribution in [0.4, 0.5) is 5.82 Å². The molecule has 0 unspecified atom stereocenters. The summed E-state index contributed by atoms with van der Waals surface area (Å²) >= 11 is 0. The van der Waals surface area contributed by atoms with Crippen LogP contribution in [-0.4, -0.2) is 23.2 Å². The van der Waals surface area contributed by atoms with Gasteiger partial charge in [0.05, 0.1) is 18.7 Å². The molecule has 2 rings (SSSR count). The Morgan fingerprint density at radius 2 is 2.14 bits per heavy atom. The molecule has 108 valence electrons. The third-order valence-corrected chi connectivity index (χ3v) is 3.37. The molecule has 0 saturated carbocycles. The van der Waals surface area contributed by atoms with Gasteiger partial charge in [0.1, 0.15) is 23.8 Å². The number of hydrogen-bond donors (Lipinski definition) is 1. The third kappa shape index (κ3) is 2.46. The molecule has 6 heteroatoms. The number of methoxy groups -OCH3 is 1. The molecule has 0 saturated heterocycles. The molecule has 0 radical (unpaired) electrons. The van der Waals surface area contributed by atoms with E-state index in [0.29, 0.717) is 17.5 Å². The van der Waals surface area contributed by atoms with Gasteiger partial charge in [-0.05, 0) is 37.1 Å². The summed E-state index contributed by atoms with van der Waals surface area (Å²) in [5.41, 5.74) is 9.32. The van der Waals surface area contributed by atoms with Gasteiger partial charge < -0.3 is 10.5 Å². The Balaban J connectivity index is 2.67. The second kappa shape index (κ2) is 5.67. The van der Waals surface area contributed by atoms with E-state index < -0.39 is 0 Å². The summed E-state index contributed by atoms with van der Waals surface area (Å²) in [7, 11) is 1.61. The molecule has 0 bridgehead atoms. The summed E-state index contributed by atoms with van der Waals surface area (Å²) in [6.07, 6.45) is 0.671. The van der Waals surface area contributed by atoms with Gasteiger partial charge in [-0.15, -0.1) is 0 Å². The molecular formula is C15H16N4O2. The molecule has 0 aliphatic carbocycles. The van der Waals surface area contributed by atoms with Crippen molar-refractivity contribution in [1.82, 2.24) is 9.78 Å². The van der Waals surface area contributed by atoms with Gasteiger partial charge in [-0.3, -0.25) is 4.79 Å². The Morgan fingerprint density at radius 1 is 1.43 bits per heavy atom. The number of aromatic nitrogens is 2. The molecule has 0 amide bonds. The number of rotatable bonds is 4. The molecule has 1 aromatic heterocycles. The lowest BCUT2D eigenvalue weighted by Crippen LogP contribution is -2.03. The van der Waals surface area contributed by atoms with Crippen molar-refractivity contribution < 1.29 is 9.53 Å². The molecule has 1 heterocycles. The largest absolute Gasteiger partial charge is 0.496 e. The lowest BCUT2D eigenvalue weighted by atomic mass is 9.99. The summed E-state index contributed by atoms with van der Waals surface area (Å²) in [6, 6.07) is 5.76. The fraction of sp³-hybridized carbons (Fsp3) is 0.267. The van der Waals surface area contributed by atoms with Crippen LogP contribution in [-0.2, 0) is 6.54 Å². The quantitative estimate of drug-likeness (QED) is 0.867. The van der Waals surface area contributed by atoms with Crippen LogP contribution in [0.2, 0.25) is 0 Å². The molecule has 2 N–H and O–H groups in total. The molecule has 21 heavy (non-hydrogen) atoms. The third-order valence-electron chi connectivity index (χ3n) is 3.37. The molecule has 1 aromatic carbocycles. The topological polar surface area (TPSA) is 93.9 Å². The number of nitrogens with two attached hydrogens (primary N) is 1. The smallest absolute Gasteiger partial charge is 0.156 e. The van der Waals surface area contributed by atoms with Gasteiger partial charge in [-0.25, -0.2) is 4.68 Å². The average Bonchev–Trinajstić information content (AvgIpc) is 2.77. The Morgan fingerprint density at radius 3 is 2.71 bits per heavy atom. The van der Waals surface area contributed by atoms with Crippen molar-refractivity contribution in [2.24, 2.45) is 0 Å². The molecule has 0 aliphatic rings. The fourth-order valence-electron chi connectivity index (χ4n) is 2.26. The summed E-state index contributed by atoms with van der Waals surface area (Å²) in [6.45, 7) is 3.82. The van der Waals surface area contributed by atoms with E-state index in [0.717, 1.165) is 22.4 Å². The highest BCUT2D eigenvalue weighted by Crippen LogP contribution is 2.32. The Hall–Kier alpha value is -2.81. The Labute approximate surface area is 122 Å². The van der Waals surface area contributed by atoms with Crippen LogP contribution in [0.25, 0.3) is 11.3 Å². The lowest BCUT2D eigenvalue weighted by molar-refractivity contribution is 0.112. The molecular weight excluding hydrogens is 268 g/mol. The maximum atomic E-state index is 11.3. The monoisotopic (exact) mass is 284 g/mol.